The lowest BCUT2D eigenvalue weighted by molar-refractivity contribution is -0.155. The van der Waals surface area contributed by atoms with E-state index in [4.69, 9.17) is 9.47 Å². The number of nitrogens with zero attached hydrogens (tertiary/aromatic N) is 1. The Bertz CT molecular complexity index is 676. The highest BCUT2D eigenvalue weighted by Crippen LogP contribution is 2.29. The molecule has 1 unspecified atom stereocenters. The molecule has 5 nitrogen and oxygen atoms in total. The molecule has 2 aliphatic heterocycles. The van der Waals surface area contributed by atoms with Gasteiger partial charge in [-0.05, 0) is 56.4 Å². The predicted molar refractivity (Wildman–Crippen MR) is 94.6 cm³/mol. The van der Waals surface area contributed by atoms with E-state index in [1.165, 1.54) is 12.1 Å². The van der Waals surface area contributed by atoms with E-state index in [9.17, 15) is 22.8 Å². The summed E-state index contributed by atoms with van der Waals surface area (Å²) in [7, 11) is 0. The van der Waals surface area contributed by atoms with Gasteiger partial charge in [0.05, 0.1) is 17.6 Å². The van der Waals surface area contributed by atoms with Crippen LogP contribution in [0.2, 0.25) is 0 Å². The predicted octanol–water partition coefficient (Wildman–Crippen LogP) is 3.67. The smallest absolute Gasteiger partial charge is 0.416 e. The number of likely N-dealkylation sites (tertiary alicyclic amines) is 1. The number of esters is 1. The molecule has 1 atom stereocenters. The van der Waals surface area contributed by atoms with Crippen molar-refractivity contribution < 1.29 is 32.2 Å². The van der Waals surface area contributed by atoms with Crippen LogP contribution in [0.4, 0.5) is 13.2 Å². The maximum absolute atomic E-state index is 12.6. The number of ether oxygens (including phenoxy) is 2. The van der Waals surface area contributed by atoms with E-state index in [1.807, 2.05) is 0 Å². The monoisotopic (exact) mass is 399 g/mol. The highest BCUT2D eigenvalue weighted by molar-refractivity contribution is 5.94. The summed E-state index contributed by atoms with van der Waals surface area (Å²) in [4.78, 5) is 26.3. The molecule has 2 aliphatic rings. The number of benzene rings is 1. The van der Waals surface area contributed by atoms with Crippen LogP contribution in [-0.4, -0.2) is 49.2 Å². The molecule has 2 heterocycles. The summed E-state index contributed by atoms with van der Waals surface area (Å²) in [5.74, 6) is -0.854. The fraction of sp³-hybridized carbons (Fsp3) is 0.600. The lowest BCUT2D eigenvalue weighted by Crippen LogP contribution is -2.41. The van der Waals surface area contributed by atoms with Gasteiger partial charge < -0.3 is 14.4 Å². The van der Waals surface area contributed by atoms with Crippen molar-refractivity contribution in [3.05, 3.63) is 35.4 Å². The normalized spacial score (nSPS) is 21.4. The zero-order valence-electron chi connectivity index (χ0n) is 15.5. The number of halogens is 3. The first-order valence-electron chi connectivity index (χ1n) is 9.59. The summed E-state index contributed by atoms with van der Waals surface area (Å²) in [6, 6.07) is 4.20. The fourth-order valence-corrected chi connectivity index (χ4v) is 3.53. The average molecular weight is 399 g/mol. The van der Waals surface area contributed by atoms with Crippen LogP contribution < -0.4 is 0 Å². The van der Waals surface area contributed by atoms with Crippen LogP contribution in [-0.2, 0) is 20.4 Å². The SMILES string of the molecule is O=C(OCC1CCCCO1)C1CCN(C(=O)c2ccc(C(F)(F)F)cc2)CC1. The molecule has 1 aromatic rings. The Balaban J connectivity index is 1.46. The van der Waals surface area contributed by atoms with E-state index in [0.717, 1.165) is 31.4 Å². The van der Waals surface area contributed by atoms with Gasteiger partial charge in [0.25, 0.3) is 5.91 Å². The molecule has 0 spiro atoms. The van der Waals surface area contributed by atoms with Crippen LogP contribution in [0.1, 0.15) is 48.0 Å². The van der Waals surface area contributed by atoms with Gasteiger partial charge in [-0.15, -0.1) is 0 Å². The Hall–Kier alpha value is -2.09. The summed E-state index contributed by atoms with van der Waals surface area (Å²) in [5, 5.41) is 0. The maximum Gasteiger partial charge on any atom is 0.416 e. The van der Waals surface area contributed by atoms with Gasteiger partial charge in [0.1, 0.15) is 6.61 Å². The second kappa shape index (κ2) is 8.94. The minimum absolute atomic E-state index is 0.0287. The number of hydrogen-bond donors (Lipinski definition) is 0. The summed E-state index contributed by atoms with van der Waals surface area (Å²) in [5.41, 5.74) is -0.573. The molecular formula is C20H24F3NO4. The lowest BCUT2D eigenvalue weighted by Gasteiger charge is -2.31. The first kappa shape index (κ1) is 20.6. The van der Waals surface area contributed by atoms with E-state index >= 15 is 0 Å². The van der Waals surface area contributed by atoms with Crippen LogP contribution in [0.15, 0.2) is 24.3 Å². The first-order chi connectivity index (χ1) is 13.3. The fourth-order valence-electron chi connectivity index (χ4n) is 3.53. The van der Waals surface area contributed by atoms with E-state index in [2.05, 4.69) is 0 Å². The molecule has 3 rings (SSSR count). The van der Waals surface area contributed by atoms with Crippen molar-refractivity contribution in [3.63, 3.8) is 0 Å². The molecule has 2 fully saturated rings. The van der Waals surface area contributed by atoms with Gasteiger partial charge >= 0.3 is 12.1 Å². The molecule has 1 aromatic carbocycles. The molecule has 8 heteroatoms. The Morgan fingerprint density at radius 1 is 1.07 bits per heavy atom. The molecule has 0 aliphatic carbocycles. The topological polar surface area (TPSA) is 55.8 Å². The minimum atomic E-state index is -4.43. The van der Waals surface area contributed by atoms with E-state index in [0.29, 0.717) is 32.5 Å². The van der Waals surface area contributed by atoms with Crippen molar-refractivity contribution in [2.75, 3.05) is 26.3 Å². The highest BCUT2D eigenvalue weighted by atomic mass is 19.4. The summed E-state index contributed by atoms with van der Waals surface area (Å²) in [6.45, 7) is 1.72. The molecule has 0 saturated carbocycles. The Morgan fingerprint density at radius 3 is 2.32 bits per heavy atom. The van der Waals surface area contributed by atoms with Crippen molar-refractivity contribution >= 4 is 11.9 Å². The third-order valence-corrected chi connectivity index (χ3v) is 5.26. The van der Waals surface area contributed by atoms with E-state index in [-0.39, 0.29) is 36.1 Å². The number of carbonyl (C=O) groups is 2. The van der Waals surface area contributed by atoms with Crippen LogP contribution >= 0.6 is 0 Å². The zero-order valence-corrected chi connectivity index (χ0v) is 15.5. The summed E-state index contributed by atoms with van der Waals surface area (Å²) < 4.78 is 48.8. The van der Waals surface area contributed by atoms with Gasteiger partial charge in [-0.25, -0.2) is 0 Å². The molecule has 0 radical (unpaired) electrons. The standard InChI is InChI=1S/C20H24F3NO4/c21-20(22,23)16-6-4-14(5-7-16)18(25)24-10-8-15(9-11-24)19(26)28-13-17-3-1-2-12-27-17/h4-7,15,17H,1-3,8-13H2. The third kappa shape index (κ3) is 5.25. The lowest BCUT2D eigenvalue weighted by atomic mass is 9.96. The molecule has 2 saturated heterocycles. The van der Waals surface area contributed by atoms with Gasteiger partial charge in [-0.2, -0.15) is 13.2 Å². The molecule has 1 amide bonds. The third-order valence-electron chi connectivity index (χ3n) is 5.26. The second-order valence-electron chi connectivity index (χ2n) is 7.26. The molecular weight excluding hydrogens is 375 g/mol. The Labute approximate surface area is 161 Å². The number of rotatable bonds is 4. The molecule has 0 N–H and O–H groups in total. The van der Waals surface area contributed by atoms with Crippen molar-refractivity contribution in [1.82, 2.24) is 4.90 Å². The van der Waals surface area contributed by atoms with Gasteiger partial charge in [0.2, 0.25) is 0 Å². The highest BCUT2D eigenvalue weighted by Gasteiger charge is 2.32. The van der Waals surface area contributed by atoms with Gasteiger partial charge in [-0.3, -0.25) is 9.59 Å². The van der Waals surface area contributed by atoms with Gasteiger partial charge in [0, 0.05) is 25.3 Å². The number of piperidine rings is 1. The number of hydrogen-bond acceptors (Lipinski definition) is 4. The first-order valence-corrected chi connectivity index (χ1v) is 9.59. The molecule has 0 aromatic heterocycles. The van der Waals surface area contributed by atoms with Crippen molar-refractivity contribution in [1.29, 1.82) is 0 Å². The van der Waals surface area contributed by atoms with Crippen molar-refractivity contribution in [2.45, 2.75) is 44.4 Å². The summed E-state index contributed by atoms with van der Waals surface area (Å²) >= 11 is 0. The van der Waals surface area contributed by atoms with Crippen LogP contribution in [0, 0.1) is 5.92 Å². The minimum Gasteiger partial charge on any atom is -0.463 e. The van der Waals surface area contributed by atoms with Crippen molar-refractivity contribution in [2.24, 2.45) is 5.92 Å². The molecule has 154 valence electrons. The summed E-state index contributed by atoms with van der Waals surface area (Å²) in [6.07, 6.45) is -0.481. The second-order valence-corrected chi connectivity index (χ2v) is 7.26. The maximum atomic E-state index is 12.6. The molecule has 0 bridgehead atoms. The van der Waals surface area contributed by atoms with E-state index < -0.39 is 11.7 Å². The molecule has 28 heavy (non-hydrogen) atoms. The largest absolute Gasteiger partial charge is 0.463 e. The van der Waals surface area contributed by atoms with Crippen molar-refractivity contribution in [3.8, 4) is 0 Å². The van der Waals surface area contributed by atoms with E-state index in [1.54, 1.807) is 4.90 Å². The quantitative estimate of drug-likeness (QED) is 0.725. The van der Waals surface area contributed by atoms with Gasteiger partial charge in [0.15, 0.2) is 0 Å². The average Bonchev–Trinajstić information content (AvgIpc) is 2.72. The number of alkyl halides is 3. The van der Waals surface area contributed by atoms with Crippen LogP contribution in [0.5, 0.6) is 0 Å². The Morgan fingerprint density at radius 2 is 1.75 bits per heavy atom. The number of carbonyl (C=O) groups excluding carboxylic acids is 2. The van der Waals surface area contributed by atoms with Gasteiger partial charge in [-0.1, -0.05) is 0 Å². The van der Waals surface area contributed by atoms with Crippen LogP contribution in [0.25, 0.3) is 0 Å². The number of amides is 1. The Kier molecular flexibility index (Phi) is 6.59. The zero-order chi connectivity index (χ0) is 20.1. The van der Waals surface area contributed by atoms with Crippen LogP contribution in [0.3, 0.4) is 0 Å².